The minimum Gasteiger partial charge on any atom is -0.481 e. The van der Waals surface area contributed by atoms with Gasteiger partial charge in [0, 0.05) is 31.2 Å². The molecule has 0 N–H and O–H groups in total. The van der Waals surface area contributed by atoms with E-state index in [4.69, 9.17) is 27.9 Å². The SMILES string of the molecule is C[C@@H](Oc1ccc(F)cc1)C(=O)N1CCN(S(=O)(=O)c2cc(Cl)ccc2Cl)CC1. The van der Waals surface area contributed by atoms with Gasteiger partial charge in [0.2, 0.25) is 10.0 Å². The van der Waals surface area contributed by atoms with Crippen molar-refractivity contribution < 1.29 is 22.3 Å². The molecule has 1 heterocycles. The summed E-state index contributed by atoms with van der Waals surface area (Å²) in [6, 6.07) is 9.65. The first-order chi connectivity index (χ1) is 13.7. The number of amides is 1. The second-order valence-corrected chi connectivity index (χ2v) is 9.27. The molecule has 0 unspecified atom stereocenters. The number of rotatable bonds is 5. The van der Waals surface area contributed by atoms with Gasteiger partial charge in [0.1, 0.15) is 16.5 Å². The molecule has 2 aromatic rings. The number of piperazine rings is 1. The van der Waals surface area contributed by atoms with E-state index in [1.54, 1.807) is 11.8 Å². The number of ether oxygens (including phenoxy) is 1. The lowest BCUT2D eigenvalue weighted by atomic mass is 10.2. The molecule has 1 fully saturated rings. The highest BCUT2D eigenvalue weighted by molar-refractivity contribution is 7.89. The summed E-state index contributed by atoms with van der Waals surface area (Å²) in [6.45, 7) is 2.28. The van der Waals surface area contributed by atoms with Gasteiger partial charge in [-0.3, -0.25) is 4.79 Å². The molecule has 0 aromatic heterocycles. The molecule has 1 saturated heterocycles. The summed E-state index contributed by atoms with van der Waals surface area (Å²) in [7, 11) is -3.82. The van der Waals surface area contributed by atoms with Crippen molar-refractivity contribution in [2.45, 2.75) is 17.9 Å². The molecule has 29 heavy (non-hydrogen) atoms. The number of hydrogen-bond donors (Lipinski definition) is 0. The van der Waals surface area contributed by atoms with E-state index in [0.29, 0.717) is 5.75 Å². The maximum absolute atomic E-state index is 13.0. The van der Waals surface area contributed by atoms with Crippen LogP contribution in [0.5, 0.6) is 5.75 Å². The quantitative estimate of drug-likeness (QED) is 0.685. The number of benzene rings is 2. The summed E-state index contributed by atoms with van der Waals surface area (Å²) in [4.78, 5) is 14.1. The number of carbonyl (C=O) groups excluding carboxylic acids is 1. The molecule has 156 valence electrons. The molecule has 0 aliphatic carbocycles. The highest BCUT2D eigenvalue weighted by Gasteiger charge is 2.33. The molecule has 1 aliphatic heterocycles. The molecule has 0 spiro atoms. The van der Waals surface area contributed by atoms with Crippen LogP contribution in [0, 0.1) is 5.82 Å². The molecule has 0 radical (unpaired) electrons. The van der Waals surface area contributed by atoms with Crippen molar-refractivity contribution in [3.05, 3.63) is 58.3 Å². The lowest BCUT2D eigenvalue weighted by Crippen LogP contribution is -2.53. The number of hydrogen-bond acceptors (Lipinski definition) is 4. The van der Waals surface area contributed by atoms with E-state index < -0.39 is 21.9 Å². The zero-order valence-corrected chi connectivity index (χ0v) is 17.8. The zero-order valence-electron chi connectivity index (χ0n) is 15.5. The predicted octanol–water partition coefficient (Wildman–Crippen LogP) is 3.43. The molecule has 1 aliphatic rings. The Labute approximate surface area is 178 Å². The van der Waals surface area contributed by atoms with Crippen molar-refractivity contribution in [2.75, 3.05) is 26.2 Å². The van der Waals surface area contributed by atoms with Gasteiger partial charge >= 0.3 is 0 Å². The Morgan fingerprint density at radius 2 is 1.69 bits per heavy atom. The third kappa shape index (κ3) is 5.01. The van der Waals surface area contributed by atoms with Crippen molar-refractivity contribution in [2.24, 2.45) is 0 Å². The van der Waals surface area contributed by atoms with E-state index in [9.17, 15) is 17.6 Å². The molecule has 0 bridgehead atoms. The van der Waals surface area contributed by atoms with Gasteiger partial charge in [-0.1, -0.05) is 23.2 Å². The van der Waals surface area contributed by atoms with Crippen molar-refractivity contribution in [3.63, 3.8) is 0 Å². The monoisotopic (exact) mass is 460 g/mol. The van der Waals surface area contributed by atoms with Gasteiger partial charge in [-0.25, -0.2) is 12.8 Å². The first-order valence-corrected chi connectivity index (χ1v) is 11.0. The van der Waals surface area contributed by atoms with Crippen molar-refractivity contribution in [1.82, 2.24) is 9.21 Å². The summed E-state index contributed by atoms with van der Waals surface area (Å²) in [5.74, 6) is -0.287. The van der Waals surface area contributed by atoms with Crippen molar-refractivity contribution in [1.29, 1.82) is 0 Å². The summed E-state index contributed by atoms with van der Waals surface area (Å²) >= 11 is 11.9. The molecular weight excluding hydrogens is 442 g/mol. The van der Waals surface area contributed by atoms with Crippen molar-refractivity contribution >= 4 is 39.1 Å². The average Bonchev–Trinajstić information content (AvgIpc) is 2.71. The molecule has 3 rings (SSSR count). The van der Waals surface area contributed by atoms with E-state index in [1.165, 1.54) is 46.8 Å². The minimum absolute atomic E-state index is 0.0561. The Morgan fingerprint density at radius 1 is 1.07 bits per heavy atom. The van der Waals surface area contributed by atoms with Crippen LogP contribution in [0.2, 0.25) is 10.0 Å². The topological polar surface area (TPSA) is 66.9 Å². The number of halogens is 3. The van der Waals surface area contributed by atoms with Crippen LogP contribution in [0.3, 0.4) is 0 Å². The third-order valence-electron chi connectivity index (χ3n) is 4.54. The van der Waals surface area contributed by atoms with Gasteiger partial charge in [0.05, 0.1) is 5.02 Å². The van der Waals surface area contributed by atoms with Crippen LogP contribution in [0.1, 0.15) is 6.92 Å². The highest BCUT2D eigenvalue weighted by atomic mass is 35.5. The maximum atomic E-state index is 13.0. The fraction of sp³-hybridized carbons (Fsp3) is 0.316. The van der Waals surface area contributed by atoms with Crippen LogP contribution in [0.15, 0.2) is 47.4 Å². The van der Waals surface area contributed by atoms with E-state index >= 15 is 0 Å². The van der Waals surface area contributed by atoms with Crippen LogP contribution >= 0.6 is 23.2 Å². The van der Waals surface area contributed by atoms with E-state index in [0.717, 1.165) is 0 Å². The second kappa shape index (κ2) is 8.87. The Hall–Kier alpha value is -1.87. The summed E-state index contributed by atoms with van der Waals surface area (Å²) in [5.41, 5.74) is 0. The van der Waals surface area contributed by atoms with Gasteiger partial charge in [0.15, 0.2) is 6.10 Å². The fourth-order valence-corrected chi connectivity index (χ4v) is 5.15. The van der Waals surface area contributed by atoms with E-state index in [-0.39, 0.29) is 47.0 Å². The van der Waals surface area contributed by atoms with Crippen LogP contribution in [0.4, 0.5) is 4.39 Å². The van der Waals surface area contributed by atoms with Gasteiger partial charge < -0.3 is 9.64 Å². The van der Waals surface area contributed by atoms with Crippen LogP contribution in [-0.4, -0.2) is 55.8 Å². The zero-order chi connectivity index (χ0) is 21.2. The van der Waals surface area contributed by atoms with Gasteiger partial charge in [-0.15, -0.1) is 0 Å². The summed E-state index contributed by atoms with van der Waals surface area (Å²) in [5, 5.41) is 0.364. The average molecular weight is 461 g/mol. The second-order valence-electron chi connectivity index (χ2n) is 6.52. The molecule has 1 amide bonds. The number of carbonyl (C=O) groups is 1. The fourth-order valence-electron chi connectivity index (χ4n) is 2.99. The Kier molecular flexibility index (Phi) is 6.68. The normalized spacial score (nSPS) is 16.5. The van der Waals surface area contributed by atoms with Crippen LogP contribution in [-0.2, 0) is 14.8 Å². The molecular formula is C19H19Cl2FN2O4S. The summed E-state index contributed by atoms with van der Waals surface area (Å²) in [6.07, 6.45) is -0.786. The molecule has 10 heteroatoms. The first-order valence-electron chi connectivity index (χ1n) is 8.84. The molecule has 2 aromatic carbocycles. The molecule has 1 atom stereocenters. The molecule has 0 saturated carbocycles. The van der Waals surface area contributed by atoms with Gasteiger partial charge in [0.25, 0.3) is 5.91 Å². The smallest absolute Gasteiger partial charge is 0.263 e. The van der Waals surface area contributed by atoms with Crippen molar-refractivity contribution in [3.8, 4) is 5.75 Å². The van der Waals surface area contributed by atoms with E-state index in [1.807, 2.05) is 0 Å². The van der Waals surface area contributed by atoms with Crippen LogP contribution in [0.25, 0.3) is 0 Å². The summed E-state index contributed by atoms with van der Waals surface area (Å²) < 4.78 is 45.5. The largest absolute Gasteiger partial charge is 0.481 e. The van der Waals surface area contributed by atoms with Gasteiger partial charge in [-0.05, 0) is 49.4 Å². The minimum atomic E-state index is -3.82. The van der Waals surface area contributed by atoms with Gasteiger partial charge in [-0.2, -0.15) is 4.31 Å². The number of nitrogens with zero attached hydrogens (tertiary/aromatic N) is 2. The Bertz CT molecular complexity index is 994. The van der Waals surface area contributed by atoms with E-state index in [2.05, 4.69) is 0 Å². The maximum Gasteiger partial charge on any atom is 0.263 e. The lowest BCUT2D eigenvalue weighted by Gasteiger charge is -2.35. The lowest BCUT2D eigenvalue weighted by molar-refractivity contribution is -0.139. The Balaban J connectivity index is 1.62. The highest BCUT2D eigenvalue weighted by Crippen LogP contribution is 2.28. The first kappa shape index (κ1) is 21.8. The molecule has 6 nitrogen and oxygen atoms in total. The number of sulfonamides is 1. The predicted molar refractivity (Wildman–Crippen MR) is 108 cm³/mol. The third-order valence-corrected chi connectivity index (χ3v) is 7.15. The van der Waals surface area contributed by atoms with Crippen LogP contribution < -0.4 is 4.74 Å². The standard InChI is InChI=1S/C19H19Cl2FN2O4S/c1-13(28-16-5-3-15(22)4-6-16)19(25)23-8-10-24(11-9-23)29(26,27)18-12-14(20)2-7-17(18)21/h2-7,12-13H,8-11H2,1H3/t13-/m1/s1. The Morgan fingerprint density at radius 3 is 2.31 bits per heavy atom.